The van der Waals surface area contributed by atoms with Crippen molar-refractivity contribution in [3.63, 3.8) is 0 Å². The number of hydrogen-bond acceptors (Lipinski definition) is 2. The fourth-order valence-corrected chi connectivity index (χ4v) is 2.32. The number of aryl methyl sites for hydroxylation is 2. The highest BCUT2D eigenvalue weighted by Gasteiger charge is 2.02. The number of aromatic nitrogens is 2. The van der Waals surface area contributed by atoms with Crippen LogP contribution in [0.5, 0.6) is 5.75 Å². The Morgan fingerprint density at radius 1 is 0.952 bits per heavy atom. The van der Waals surface area contributed by atoms with Crippen molar-refractivity contribution < 1.29 is 4.74 Å². The van der Waals surface area contributed by atoms with Crippen molar-refractivity contribution in [2.24, 2.45) is 0 Å². The lowest BCUT2D eigenvalue weighted by atomic mass is 10.1. The smallest absolute Gasteiger partial charge is 0.119 e. The van der Waals surface area contributed by atoms with Gasteiger partial charge in [-0.3, -0.25) is 0 Å². The number of rotatable bonds is 5. The predicted octanol–water partition coefficient (Wildman–Crippen LogP) is 3.67. The molecule has 0 unspecified atom stereocenters. The minimum absolute atomic E-state index is 0.905. The van der Waals surface area contributed by atoms with Crippen molar-refractivity contribution in [2.45, 2.75) is 12.8 Å². The number of benzene rings is 2. The lowest BCUT2D eigenvalue weighted by Gasteiger charge is -2.03. The second kappa shape index (κ2) is 6.27. The monoisotopic (exact) mass is 278 g/mol. The third-order valence-corrected chi connectivity index (χ3v) is 3.47. The van der Waals surface area contributed by atoms with Gasteiger partial charge in [0.05, 0.1) is 18.5 Å². The molecule has 0 saturated heterocycles. The highest BCUT2D eigenvalue weighted by Crippen LogP contribution is 2.15. The molecule has 0 aliphatic heterocycles. The summed E-state index contributed by atoms with van der Waals surface area (Å²) in [4.78, 5) is 0. The van der Waals surface area contributed by atoms with Crippen LogP contribution in [0.4, 0.5) is 0 Å². The Morgan fingerprint density at radius 3 is 2.62 bits per heavy atom. The van der Waals surface area contributed by atoms with E-state index < -0.39 is 0 Å². The van der Waals surface area contributed by atoms with Gasteiger partial charge in [-0.15, -0.1) is 0 Å². The first-order chi connectivity index (χ1) is 10.3. The molecule has 3 nitrogen and oxygen atoms in total. The summed E-state index contributed by atoms with van der Waals surface area (Å²) in [5.74, 6) is 0.905. The van der Waals surface area contributed by atoms with E-state index in [-0.39, 0.29) is 0 Å². The molecule has 0 amide bonds. The van der Waals surface area contributed by atoms with Crippen LogP contribution in [0.1, 0.15) is 11.3 Å². The van der Waals surface area contributed by atoms with Gasteiger partial charge in [0.2, 0.25) is 0 Å². The first-order valence-electron chi connectivity index (χ1n) is 7.08. The molecule has 0 bridgehead atoms. The van der Waals surface area contributed by atoms with Crippen molar-refractivity contribution in [3.05, 3.63) is 78.1 Å². The number of ether oxygens (including phenoxy) is 1. The Morgan fingerprint density at radius 2 is 1.81 bits per heavy atom. The number of nitrogens with zero attached hydrogens (tertiary/aromatic N) is 2. The molecule has 0 aliphatic rings. The second-order valence-electron chi connectivity index (χ2n) is 4.94. The van der Waals surface area contributed by atoms with Crippen molar-refractivity contribution in [1.82, 2.24) is 9.78 Å². The van der Waals surface area contributed by atoms with Crippen molar-refractivity contribution in [1.29, 1.82) is 0 Å². The maximum absolute atomic E-state index is 5.25. The molecule has 3 heteroatoms. The van der Waals surface area contributed by atoms with E-state index in [1.807, 2.05) is 41.2 Å². The zero-order valence-electron chi connectivity index (χ0n) is 12.1. The van der Waals surface area contributed by atoms with Crippen LogP contribution in [0, 0.1) is 0 Å². The Bertz CT molecular complexity index is 704. The van der Waals surface area contributed by atoms with Crippen molar-refractivity contribution >= 4 is 0 Å². The van der Waals surface area contributed by atoms with Gasteiger partial charge in [-0.25, -0.2) is 4.68 Å². The van der Waals surface area contributed by atoms with Crippen LogP contribution < -0.4 is 4.74 Å². The van der Waals surface area contributed by atoms with Gasteiger partial charge in [-0.05, 0) is 48.7 Å². The summed E-state index contributed by atoms with van der Waals surface area (Å²) in [6, 6.07) is 20.4. The van der Waals surface area contributed by atoms with E-state index >= 15 is 0 Å². The molecule has 3 rings (SSSR count). The molecule has 3 aromatic rings. The van der Waals surface area contributed by atoms with Crippen LogP contribution in [0.25, 0.3) is 5.69 Å². The van der Waals surface area contributed by atoms with Crippen molar-refractivity contribution in [2.75, 3.05) is 7.11 Å². The van der Waals surface area contributed by atoms with E-state index in [1.54, 1.807) is 7.11 Å². The molecule has 0 radical (unpaired) electrons. The van der Waals surface area contributed by atoms with E-state index in [1.165, 1.54) is 5.56 Å². The highest BCUT2D eigenvalue weighted by atomic mass is 16.5. The maximum atomic E-state index is 5.25. The van der Waals surface area contributed by atoms with E-state index in [9.17, 15) is 0 Å². The van der Waals surface area contributed by atoms with Crippen LogP contribution >= 0.6 is 0 Å². The molecule has 0 spiro atoms. The van der Waals surface area contributed by atoms with Crippen LogP contribution in [0.2, 0.25) is 0 Å². The highest BCUT2D eigenvalue weighted by molar-refractivity contribution is 5.31. The molecule has 0 aliphatic carbocycles. The van der Waals surface area contributed by atoms with E-state index in [0.717, 1.165) is 30.0 Å². The Kier molecular flexibility index (Phi) is 4.01. The van der Waals surface area contributed by atoms with E-state index in [2.05, 4.69) is 35.4 Å². The molecule has 21 heavy (non-hydrogen) atoms. The summed E-state index contributed by atoms with van der Waals surface area (Å²) in [5.41, 5.74) is 3.45. The molecule has 0 saturated carbocycles. The fourth-order valence-electron chi connectivity index (χ4n) is 2.32. The van der Waals surface area contributed by atoms with E-state index in [0.29, 0.717) is 0 Å². The Labute approximate surface area is 124 Å². The summed E-state index contributed by atoms with van der Waals surface area (Å²) >= 11 is 0. The molecule has 2 aromatic carbocycles. The average Bonchev–Trinajstić information content (AvgIpc) is 3.03. The lowest BCUT2D eigenvalue weighted by Crippen LogP contribution is -1.97. The largest absolute Gasteiger partial charge is 0.497 e. The van der Waals surface area contributed by atoms with Gasteiger partial charge >= 0.3 is 0 Å². The molecule has 1 heterocycles. The third kappa shape index (κ3) is 3.31. The molecular formula is C18H18N2O. The summed E-state index contributed by atoms with van der Waals surface area (Å²) in [6.07, 6.45) is 3.90. The summed E-state index contributed by atoms with van der Waals surface area (Å²) in [6.45, 7) is 0. The molecule has 0 atom stereocenters. The summed E-state index contributed by atoms with van der Waals surface area (Å²) < 4.78 is 7.17. The van der Waals surface area contributed by atoms with Gasteiger partial charge in [0.1, 0.15) is 5.75 Å². The lowest BCUT2D eigenvalue weighted by molar-refractivity contribution is 0.414. The Balaban J connectivity index is 1.67. The van der Waals surface area contributed by atoms with E-state index in [4.69, 9.17) is 4.74 Å². The average molecular weight is 278 g/mol. The second-order valence-corrected chi connectivity index (χ2v) is 4.94. The zero-order valence-corrected chi connectivity index (χ0v) is 12.1. The third-order valence-electron chi connectivity index (χ3n) is 3.47. The number of methoxy groups -OCH3 is 1. The van der Waals surface area contributed by atoms with Gasteiger partial charge < -0.3 is 4.74 Å². The minimum Gasteiger partial charge on any atom is -0.497 e. The van der Waals surface area contributed by atoms with Crippen LogP contribution in [0.15, 0.2) is 66.9 Å². The molecule has 1 aromatic heterocycles. The Hall–Kier alpha value is -2.55. The number of para-hydroxylation sites is 1. The molecular weight excluding hydrogens is 260 g/mol. The van der Waals surface area contributed by atoms with Crippen LogP contribution in [0.3, 0.4) is 0 Å². The fraction of sp³-hybridized carbons (Fsp3) is 0.167. The van der Waals surface area contributed by atoms with Gasteiger partial charge in [-0.1, -0.05) is 30.3 Å². The van der Waals surface area contributed by atoms with Gasteiger partial charge in [0.15, 0.2) is 0 Å². The normalized spacial score (nSPS) is 10.5. The summed E-state index contributed by atoms with van der Waals surface area (Å²) in [5, 5.41) is 4.62. The van der Waals surface area contributed by atoms with Gasteiger partial charge in [-0.2, -0.15) is 5.10 Å². The minimum atomic E-state index is 0.905. The standard InChI is InChI=1S/C18H18N2O/c1-21-18-9-5-6-15(14-18)10-11-16-12-13-20(19-16)17-7-3-2-4-8-17/h2-9,12-14H,10-11H2,1H3. The zero-order chi connectivity index (χ0) is 14.5. The van der Waals surface area contributed by atoms with Gasteiger partial charge in [0.25, 0.3) is 0 Å². The summed E-state index contributed by atoms with van der Waals surface area (Å²) in [7, 11) is 1.70. The maximum Gasteiger partial charge on any atom is 0.119 e. The topological polar surface area (TPSA) is 27.1 Å². The first-order valence-corrected chi connectivity index (χ1v) is 7.08. The quantitative estimate of drug-likeness (QED) is 0.712. The first kappa shape index (κ1) is 13.4. The number of hydrogen-bond donors (Lipinski definition) is 0. The molecule has 106 valence electrons. The van der Waals surface area contributed by atoms with Gasteiger partial charge in [0, 0.05) is 6.20 Å². The molecule has 0 N–H and O–H groups in total. The SMILES string of the molecule is COc1cccc(CCc2ccn(-c3ccccc3)n2)c1. The van der Waals surface area contributed by atoms with Crippen LogP contribution in [-0.2, 0) is 12.8 Å². The van der Waals surface area contributed by atoms with Crippen molar-refractivity contribution in [3.8, 4) is 11.4 Å². The van der Waals surface area contributed by atoms with Crippen LogP contribution in [-0.4, -0.2) is 16.9 Å². The predicted molar refractivity (Wildman–Crippen MR) is 84.0 cm³/mol. The molecule has 0 fully saturated rings.